The highest BCUT2D eigenvalue weighted by molar-refractivity contribution is 6.31. The number of halogens is 1. The van der Waals surface area contributed by atoms with E-state index in [0.29, 0.717) is 22.9 Å². The predicted octanol–water partition coefficient (Wildman–Crippen LogP) is 2.94. The maximum atomic E-state index is 10.8. The fraction of sp³-hybridized carbons (Fsp3) is 0.500. The van der Waals surface area contributed by atoms with Crippen LogP contribution in [0.15, 0.2) is 24.3 Å². The second-order valence-corrected chi connectivity index (χ2v) is 7.50. The number of primary amides is 1. The van der Waals surface area contributed by atoms with Crippen LogP contribution in [0.4, 0.5) is 0 Å². The van der Waals surface area contributed by atoms with Crippen LogP contribution in [-0.2, 0) is 9.47 Å². The number of benzene rings is 1. The van der Waals surface area contributed by atoms with Crippen LogP contribution in [-0.4, -0.2) is 34.9 Å². The molecule has 2 aliphatic rings. The summed E-state index contributed by atoms with van der Waals surface area (Å²) in [5, 5.41) is 1.53. The largest absolute Gasteiger partial charge is 0.364 e. The molecule has 1 aliphatic carbocycles. The Labute approximate surface area is 151 Å². The van der Waals surface area contributed by atoms with Crippen molar-refractivity contribution in [1.29, 1.82) is 0 Å². The molecule has 1 saturated carbocycles. The molecule has 2 heterocycles. The number of nitrogens with two attached hydrogens (primary N) is 2. The summed E-state index contributed by atoms with van der Waals surface area (Å²) in [7, 11) is 0. The van der Waals surface area contributed by atoms with Crippen molar-refractivity contribution < 1.29 is 14.3 Å². The molecule has 2 aromatic rings. The summed E-state index contributed by atoms with van der Waals surface area (Å²) in [6.07, 6.45) is 3.60. The third kappa shape index (κ3) is 4.33. The molecule has 7 heteroatoms. The first kappa shape index (κ1) is 18.2. The summed E-state index contributed by atoms with van der Waals surface area (Å²) in [5.41, 5.74) is 12.2. The van der Waals surface area contributed by atoms with Crippen molar-refractivity contribution in [2.45, 2.75) is 57.1 Å². The molecule has 2 unspecified atom stereocenters. The number of hydrogen-bond donors (Lipinski definition) is 3. The van der Waals surface area contributed by atoms with Gasteiger partial charge in [0, 0.05) is 22.0 Å². The van der Waals surface area contributed by atoms with Gasteiger partial charge in [-0.25, -0.2) is 0 Å². The van der Waals surface area contributed by atoms with Crippen LogP contribution in [0.2, 0.25) is 5.02 Å². The lowest BCUT2D eigenvalue weighted by Gasteiger charge is -2.26. The van der Waals surface area contributed by atoms with E-state index in [1.165, 1.54) is 0 Å². The summed E-state index contributed by atoms with van der Waals surface area (Å²) < 4.78 is 11.4. The van der Waals surface area contributed by atoms with Crippen molar-refractivity contribution in [2.75, 3.05) is 0 Å². The Hall–Kier alpha value is -1.60. The van der Waals surface area contributed by atoms with Crippen molar-refractivity contribution in [1.82, 2.24) is 4.98 Å². The van der Waals surface area contributed by atoms with Crippen LogP contribution < -0.4 is 11.5 Å². The molecule has 136 valence electrons. The minimum absolute atomic E-state index is 0.240. The highest BCUT2D eigenvalue weighted by Crippen LogP contribution is 2.36. The molecule has 3 atom stereocenters. The van der Waals surface area contributed by atoms with Crippen LogP contribution in [0, 0.1) is 0 Å². The number of ether oxygens (including phenoxy) is 2. The van der Waals surface area contributed by atoms with E-state index >= 15 is 0 Å². The smallest absolute Gasteiger partial charge is 0.265 e. The van der Waals surface area contributed by atoms with Gasteiger partial charge in [0.1, 0.15) is 5.69 Å². The van der Waals surface area contributed by atoms with Crippen LogP contribution in [0.1, 0.15) is 43.6 Å². The van der Waals surface area contributed by atoms with Gasteiger partial charge in [0.05, 0.1) is 12.2 Å². The summed E-state index contributed by atoms with van der Waals surface area (Å²) >= 11 is 5.78. The summed E-state index contributed by atoms with van der Waals surface area (Å²) in [6, 6.07) is 7.34. The second-order valence-electron chi connectivity index (χ2n) is 7.06. The zero-order valence-electron chi connectivity index (χ0n) is 14.4. The summed E-state index contributed by atoms with van der Waals surface area (Å²) in [5.74, 6) is -0.855. The van der Waals surface area contributed by atoms with Crippen molar-refractivity contribution in [3.05, 3.63) is 35.0 Å². The normalized spacial score (nSPS) is 27.4. The lowest BCUT2D eigenvalue weighted by Crippen LogP contribution is -2.37. The number of amides is 1. The minimum Gasteiger partial charge on any atom is -0.364 e. The monoisotopic (exact) mass is 365 g/mol. The van der Waals surface area contributed by atoms with Gasteiger partial charge in [-0.05, 0) is 57.4 Å². The zero-order chi connectivity index (χ0) is 18.2. The Morgan fingerprint density at radius 2 is 1.96 bits per heavy atom. The quantitative estimate of drug-likeness (QED) is 0.722. The number of aromatic nitrogens is 1. The summed E-state index contributed by atoms with van der Waals surface area (Å²) in [6.45, 7) is 3.94. The van der Waals surface area contributed by atoms with E-state index < -0.39 is 5.91 Å². The fourth-order valence-electron chi connectivity index (χ4n) is 3.38. The van der Waals surface area contributed by atoms with Crippen LogP contribution in [0.3, 0.4) is 0 Å². The Balaban J connectivity index is 0.000000146. The predicted molar refractivity (Wildman–Crippen MR) is 97.5 cm³/mol. The highest BCUT2D eigenvalue weighted by atomic mass is 35.5. The molecule has 0 bridgehead atoms. The maximum Gasteiger partial charge on any atom is 0.265 e. The van der Waals surface area contributed by atoms with E-state index in [1.807, 2.05) is 19.9 Å². The number of fused-ring (bicyclic) bond motifs is 2. The number of rotatable bonds is 1. The number of H-pyrrole nitrogens is 1. The number of nitrogens with one attached hydrogen (secondary N) is 1. The highest BCUT2D eigenvalue weighted by Gasteiger charge is 2.43. The van der Waals surface area contributed by atoms with Crippen LogP contribution >= 0.6 is 11.6 Å². The lowest BCUT2D eigenvalue weighted by atomic mass is 9.91. The number of carbonyl (C=O) groups is 1. The van der Waals surface area contributed by atoms with Crippen LogP contribution in [0.25, 0.3) is 10.9 Å². The molecule has 25 heavy (non-hydrogen) atoms. The Morgan fingerprint density at radius 3 is 2.68 bits per heavy atom. The molecule has 1 saturated heterocycles. The van der Waals surface area contributed by atoms with E-state index in [1.54, 1.807) is 18.2 Å². The van der Waals surface area contributed by atoms with Gasteiger partial charge in [-0.3, -0.25) is 4.79 Å². The molecule has 0 radical (unpaired) electrons. The molecular weight excluding hydrogens is 342 g/mol. The number of hydrogen-bond acceptors (Lipinski definition) is 4. The van der Waals surface area contributed by atoms with Crippen LogP contribution in [0.5, 0.6) is 0 Å². The van der Waals surface area contributed by atoms with Gasteiger partial charge in [-0.1, -0.05) is 11.6 Å². The average Bonchev–Trinajstić information content (AvgIpc) is 3.06. The molecule has 2 fully saturated rings. The zero-order valence-corrected chi connectivity index (χ0v) is 15.2. The third-order valence-corrected chi connectivity index (χ3v) is 4.73. The molecule has 0 spiro atoms. The first-order chi connectivity index (χ1) is 11.7. The van der Waals surface area contributed by atoms with Gasteiger partial charge in [0.2, 0.25) is 0 Å². The second kappa shape index (κ2) is 6.96. The van der Waals surface area contributed by atoms with E-state index in [4.69, 9.17) is 32.5 Å². The van der Waals surface area contributed by atoms with Gasteiger partial charge < -0.3 is 25.9 Å². The van der Waals surface area contributed by atoms with E-state index in [-0.39, 0.29) is 11.9 Å². The van der Waals surface area contributed by atoms with E-state index in [2.05, 4.69) is 4.98 Å². The molecule has 6 nitrogen and oxygen atoms in total. The van der Waals surface area contributed by atoms with Gasteiger partial charge in [-0.15, -0.1) is 0 Å². The van der Waals surface area contributed by atoms with Crippen molar-refractivity contribution >= 4 is 28.4 Å². The summed E-state index contributed by atoms with van der Waals surface area (Å²) in [4.78, 5) is 13.7. The topological polar surface area (TPSA) is 103 Å². The Morgan fingerprint density at radius 1 is 1.24 bits per heavy atom. The molecule has 1 aromatic carbocycles. The Kier molecular flexibility index (Phi) is 5.06. The van der Waals surface area contributed by atoms with E-state index in [0.717, 1.165) is 30.2 Å². The van der Waals surface area contributed by atoms with Gasteiger partial charge in [0.25, 0.3) is 5.91 Å². The molecule has 4 rings (SSSR count). The van der Waals surface area contributed by atoms with Gasteiger partial charge >= 0.3 is 0 Å². The van der Waals surface area contributed by atoms with Gasteiger partial charge in [-0.2, -0.15) is 0 Å². The van der Waals surface area contributed by atoms with Gasteiger partial charge in [0.15, 0.2) is 5.79 Å². The number of carbonyl (C=O) groups excluding carboxylic acids is 1. The van der Waals surface area contributed by atoms with Crippen molar-refractivity contribution in [3.8, 4) is 0 Å². The van der Waals surface area contributed by atoms with Crippen molar-refractivity contribution in [3.63, 3.8) is 0 Å². The first-order valence-electron chi connectivity index (χ1n) is 8.43. The minimum atomic E-state index is -0.465. The molecule has 1 amide bonds. The molecular formula is C18H24ClN3O3. The molecule has 1 aliphatic heterocycles. The van der Waals surface area contributed by atoms with E-state index in [9.17, 15) is 4.79 Å². The number of aromatic amines is 1. The lowest BCUT2D eigenvalue weighted by molar-refractivity contribution is -0.145. The average molecular weight is 366 g/mol. The standard InChI is InChI=1S/C9H7ClN2O.C9H17NO2/c10-6-1-2-7-5(3-6)4-8(12-7)9(11)13;1-9(2)11-7-4-3-6(10)5-8(7)12-9/h1-4,12H,(H2,11,13);6-8H,3-5,10H2,1-2H3/t;6-,7?,8?/m.0/s1. The van der Waals surface area contributed by atoms with Crippen molar-refractivity contribution in [2.24, 2.45) is 11.5 Å². The first-order valence-corrected chi connectivity index (χ1v) is 8.80. The Bertz CT molecular complexity index is 774. The SMILES string of the molecule is CC1(C)OC2CC[C@H](N)CC2O1.NC(=O)c1cc2cc(Cl)ccc2[nH]1. The molecule has 1 aromatic heterocycles. The fourth-order valence-corrected chi connectivity index (χ4v) is 3.56. The maximum absolute atomic E-state index is 10.8. The molecule has 5 N–H and O–H groups in total. The third-order valence-electron chi connectivity index (χ3n) is 4.49.